The molecule has 0 aliphatic rings. The number of hydrogen-bond donors (Lipinski definition) is 1. The van der Waals surface area contributed by atoms with Crippen molar-refractivity contribution in [2.45, 2.75) is 32.3 Å². The smallest absolute Gasteiger partial charge is 0.0727 e. The molecular formula is C14H22BrNO. The summed E-state index contributed by atoms with van der Waals surface area (Å²) in [5, 5.41) is 3.16. The van der Waals surface area contributed by atoms with E-state index in [1.54, 1.807) is 0 Å². The summed E-state index contributed by atoms with van der Waals surface area (Å²) in [4.78, 5) is 0. The molecule has 0 radical (unpaired) electrons. The Morgan fingerprint density at radius 1 is 1.12 bits per heavy atom. The van der Waals surface area contributed by atoms with Crippen LogP contribution in [0.15, 0.2) is 28.7 Å². The van der Waals surface area contributed by atoms with Crippen LogP contribution in [0.2, 0.25) is 0 Å². The Morgan fingerprint density at radius 3 is 2.65 bits per heavy atom. The topological polar surface area (TPSA) is 21.3 Å². The zero-order valence-electron chi connectivity index (χ0n) is 10.5. The van der Waals surface area contributed by atoms with Crippen LogP contribution in [0.1, 0.15) is 31.2 Å². The summed E-state index contributed by atoms with van der Waals surface area (Å²) in [6.45, 7) is 2.69. The lowest BCUT2D eigenvalue weighted by atomic mass is 10.2. The van der Waals surface area contributed by atoms with E-state index < -0.39 is 0 Å². The summed E-state index contributed by atoms with van der Waals surface area (Å²) in [7, 11) is 2.00. The fourth-order valence-corrected chi connectivity index (χ4v) is 2.06. The van der Waals surface area contributed by atoms with Crippen molar-refractivity contribution in [3.8, 4) is 0 Å². The Labute approximate surface area is 113 Å². The maximum atomic E-state index is 5.66. The fraction of sp³-hybridized carbons (Fsp3) is 0.571. The van der Waals surface area contributed by atoms with Gasteiger partial charge in [0.2, 0.25) is 0 Å². The number of unbranched alkanes of at least 4 members (excludes halogenated alkanes) is 3. The monoisotopic (exact) mass is 299 g/mol. The van der Waals surface area contributed by atoms with E-state index in [4.69, 9.17) is 4.74 Å². The first-order valence-corrected chi connectivity index (χ1v) is 7.09. The molecule has 0 saturated carbocycles. The minimum Gasteiger partial charge on any atom is -0.377 e. The molecule has 0 aliphatic heterocycles. The third-order valence-corrected chi connectivity index (χ3v) is 3.45. The molecule has 0 saturated heterocycles. The van der Waals surface area contributed by atoms with Gasteiger partial charge in [-0.25, -0.2) is 0 Å². The number of benzene rings is 1. The van der Waals surface area contributed by atoms with Crippen LogP contribution in [0.5, 0.6) is 0 Å². The predicted molar refractivity (Wildman–Crippen MR) is 76.2 cm³/mol. The van der Waals surface area contributed by atoms with Crippen LogP contribution in [-0.4, -0.2) is 20.2 Å². The zero-order chi connectivity index (χ0) is 12.3. The maximum absolute atomic E-state index is 5.66. The van der Waals surface area contributed by atoms with Gasteiger partial charge in [0.05, 0.1) is 6.61 Å². The van der Waals surface area contributed by atoms with Crippen LogP contribution in [0.4, 0.5) is 0 Å². The number of rotatable bonds is 9. The van der Waals surface area contributed by atoms with Gasteiger partial charge in [0.25, 0.3) is 0 Å². The first kappa shape index (κ1) is 14.7. The second-order valence-corrected chi connectivity index (χ2v) is 5.02. The Hall–Kier alpha value is -0.380. The maximum Gasteiger partial charge on any atom is 0.0727 e. The van der Waals surface area contributed by atoms with Crippen molar-refractivity contribution in [1.29, 1.82) is 0 Å². The van der Waals surface area contributed by atoms with Gasteiger partial charge in [0.1, 0.15) is 0 Å². The molecule has 1 aromatic rings. The van der Waals surface area contributed by atoms with Crippen molar-refractivity contribution < 1.29 is 4.74 Å². The van der Waals surface area contributed by atoms with Gasteiger partial charge in [-0.3, -0.25) is 0 Å². The van der Waals surface area contributed by atoms with Gasteiger partial charge in [-0.05, 0) is 38.1 Å². The average molecular weight is 300 g/mol. The highest BCUT2D eigenvalue weighted by Crippen LogP contribution is 2.16. The highest BCUT2D eigenvalue weighted by molar-refractivity contribution is 9.10. The molecule has 0 unspecified atom stereocenters. The molecule has 0 bridgehead atoms. The second kappa shape index (κ2) is 9.63. The van der Waals surface area contributed by atoms with Crippen LogP contribution in [0, 0.1) is 0 Å². The first-order valence-electron chi connectivity index (χ1n) is 6.30. The van der Waals surface area contributed by atoms with Crippen molar-refractivity contribution in [2.75, 3.05) is 20.2 Å². The van der Waals surface area contributed by atoms with Gasteiger partial charge in [-0.1, -0.05) is 47.0 Å². The van der Waals surface area contributed by atoms with Crippen molar-refractivity contribution >= 4 is 15.9 Å². The summed E-state index contributed by atoms with van der Waals surface area (Å²) < 4.78 is 6.79. The highest BCUT2D eigenvalue weighted by Gasteiger charge is 1.98. The van der Waals surface area contributed by atoms with Gasteiger partial charge in [0, 0.05) is 11.1 Å². The number of hydrogen-bond acceptors (Lipinski definition) is 2. The van der Waals surface area contributed by atoms with E-state index in [1.165, 1.54) is 24.8 Å². The van der Waals surface area contributed by atoms with Crippen molar-refractivity contribution in [3.05, 3.63) is 34.3 Å². The van der Waals surface area contributed by atoms with Gasteiger partial charge in [0.15, 0.2) is 0 Å². The number of nitrogens with one attached hydrogen (secondary N) is 1. The standard InChI is InChI=1S/C14H22BrNO/c1-16-10-6-2-3-7-11-17-12-13-8-4-5-9-14(13)15/h4-5,8-9,16H,2-3,6-7,10-12H2,1H3. The van der Waals surface area contributed by atoms with E-state index in [9.17, 15) is 0 Å². The molecule has 1 rings (SSSR count). The summed E-state index contributed by atoms with van der Waals surface area (Å²) in [5.41, 5.74) is 1.22. The molecule has 96 valence electrons. The molecule has 0 aliphatic carbocycles. The molecule has 0 heterocycles. The molecule has 1 aromatic carbocycles. The first-order chi connectivity index (χ1) is 8.34. The summed E-state index contributed by atoms with van der Waals surface area (Å²) in [6, 6.07) is 8.21. The molecule has 0 amide bonds. The van der Waals surface area contributed by atoms with Crippen molar-refractivity contribution in [3.63, 3.8) is 0 Å². The third-order valence-electron chi connectivity index (χ3n) is 2.68. The summed E-state index contributed by atoms with van der Waals surface area (Å²) >= 11 is 3.52. The van der Waals surface area contributed by atoms with Crippen LogP contribution in [0.3, 0.4) is 0 Å². The van der Waals surface area contributed by atoms with Crippen LogP contribution < -0.4 is 5.32 Å². The molecule has 17 heavy (non-hydrogen) atoms. The average Bonchev–Trinajstić information content (AvgIpc) is 2.35. The van der Waals surface area contributed by atoms with E-state index in [0.717, 1.165) is 24.0 Å². The van der Waals surface area contributed by atoms with Crippen molar-refractivity contribution in [1.82, 2.24) is 5.32 Å². The molecule has 0 fully saturated rings. The lowest BCUT2D eigenvalue weighted by Crippen LogP contribution is -2.07. The van der Waals surface area contributed by atoms with E-state index in [-0.39, 0.29) is 0 Å². The van der Waals surface area contributed by atoms with Gasteiger partial charge in [-0.15, -0.1) is 0 Å². The Bertz CT molecular complexity index is 304. The van der Waals surface area contributed by atoms with Crippen molar-refractivity contribution in [2.24, 2.45) is 0 Å². The third kappa shape index (κ3) is 6.81. The van der Waals surface area contributed by atoms with E-state index >= 15 is 0 Å². The SMILES string of the molecule is CNCCCCCCOCc1ccccc1Br. The molecule has 0 atom stereocenters. The molecule has 0 spiro atoms. The second-order valence-electron chi connectivity index (χ2n) is 4.16. The quantitative estimate of drug-likeness (QED) is 0.701. The summed E-state index contributed by atoms with van der Waals surface area (Å²) in [6.07, 6.45) is 4.98. The Kier molecular flexibility index (Phi) is 8.32. The molecular weight excluding hydrogens is 278 g/mol. The zero-order valence-corrected chi connectivity index (χ0v) is 12.1. The van der Waals surface area contributed by atoms with Crippen LogP contribution in [0.25, 0.3) is 0 Å². The predicted octanol–water partition coefficient (Wildman–Crippen LogP) is 3.75. The van der Waals surface area contributed by atoms with Gasteiger partial charge in [-0.2, -0.15) is 0 Å². The number of halogens is 1. The Balaban J connectivity index is 1.99. The van der Waals surface area contributed by atoms with E-state index in [0.29, 0.717) is 6.61 Å². The summed E-state index contributed by atoms with van der Waals surface area (Å²) in [5.74, 6) is 0. The fourth-order valence-electron chi connectivity index (χ4n) is 1.66. The lowest BCUT2D eigenvalue weighted by molar-refractivity contribution is 0.116. The molecule has 1 N–H and O–H groups in total. The van der Waals surface area contributed by atoms with Gasteiger partial charge < -0.3 is 10.1 Å². The number of ether oxygens (including phenoxy) is 1. The molecule has 2 nitrogen and oxygen atoms in total. The van der Waals surface area contributed by atoms with E-state index in [2.05, 4.69) is 33.4 Å². The molecule has 3 heteroatoms. The lowest BCUT2D eigenvalue weighted by Gasteiger charge is -2.06. The minimum absolute atomic E-state index is 0.706. The molecule has 0 aromatic heterocycles. The Morgan fingerprint density at radius 2 is 1.88 bits per heavy atom. The van der Waals surface area contributed by atoms with E-state index in [1.807, 2.05) is 19.2 Å². The van der Waals surface area contributed by atoms with Gasteiger partial charge >= 0.3 is 0 Å². The normalized spacial score (nSPS) is 10.7. The van der Waals surface area contributed by atoms with Crippen LogP contribution in [-0.2, 0) is 11.3 Å². The minimum atomic E-state index is 0.706. The largest absolute Gasteiger partial charge is 0.377 e. The highest BCUT2D eigenvalue weighted by atomic mass is 79.9. The van der Waals surface area contributed by atoms with Crippen LogP contribution >= 0.6 is 15.9 Å².